The van der Waals surface area contributed by atoms with Crippen molar-refractivity contribution in [3.8, 4) is 0 Å². The van der Waals surface area contributed by atoms with E-state index >= 15 is 0 Å². The summed E-state index contributed by atoms with van der Waals surface area (Å²) in [5.41, 5.74) is 0. The zero-order valence-corrected chi connectivity index (χ0v) is 7.75. The molecule has 0 aromatic heterocycles. The minimum atomic E-state index is -3.61. The van der Waals surface area contributed by atoms with E-state index in [9.17, 15) is 13.2 Å². The van der Waals surface area contributed by atoms with Crippen LogP contribution in [0.4, 0.5) is 0 Å². The summed E-state index contributed by atoms with van der Waals surface area (Å²) in [6.07, 6.45) is 6.21. The monoisotopic (exact) mass is 202 g/mol. The van der Waals surface area contributed by atoms with Gasteiger partial charge in [-0.15, -0.1) is 0 Å². The summed E-state index contributed by atoms with van der Waals surface area (Å²) in [4.78, 5) is 10.4. The minimum absolute atomic E-state index is 0.126. The van der Waals surface area contributed by atoms with E-state index in [4.69, 9.17) is 5.11 Å². The summed E-state index contributed by atoms with van der Waals surface area (Å²) >= 11 is 0. The van der Waals surface area contributed by atoms with Gasteiger partial charge in [0, 0.05) is 0 Å². The van der Waals surface area contributed by atoms with E-state index in [0.29, 0.717) is 6.42 Å². The van der Waals surface area contributed by atoms with E-state index in [2.05, 4.69) is 0 Å². The van der Waals surface area contributed by atoms with Crippen LogP contribution >= 0.6 is 0 Å². The molecule has 1 aliphatic carbocycles. The van der Waals surface area contributed by atoms with Crippen LogP contribution in [0.1, 0.15) is 12.8 Å². The van der Waals surface area contributed by atoms with Gasteiger partial charge in [0.1, 0.15) is 0 Å². The summed E-state index contributed by atoms with van der Waals surface area (Å²) in [6.45, 7) is 0. The van der Waals surface area contributed by atoms with Crippen molar-refractivity contribution in [2.24, 2.45) is 0 Å². The van der Waals surface area contributed by atoms with Crippen LogP contribution < -0.4 is 0 Å². The largest absolute Gasteiger partial charge is 0.480 e. The van der Waals surface area contributed by atoms with E-state index < -0.39 is 21.6 Å². The predicted octanol–water partition coefficient (Wildman–Crippen LogP) is 0.720. The molecule has 1 aliphatic rings. The van der Waals surface area contributed by atoms with Crippen LogP contribution in [0, 0.1) is 0 Å². The Kier molecular flexibility index (Phi) is 2.87. The van der Waals surface area contributed by atoms with Crippen LogP contribution in [0.25, 0.3) is 0 Å². The first kappa shape index (κ1) is 9.98. The van der Waals surface area contributed by atoms with Crippen LogP contribution in [-0.4, -0.2) is 25.2 Å². The first-order valence-electron chi connectivity index (χ1n) is 3.83. The van der Waals surface area contributed by atoms with E-state index in [0.717, 1.165) is 6.42 Å². The molecule has 1 rings (SSSR count). The van der Waals surface area contributed by atoms with Crippen LogP contribution in [0.2, 0.25) is 0 Å². The topological polar surface area (TPSA) is 71.4 Å². The molecule has 0 fully saturated rings. The molecule has 0 aliphatic heterocycles. The number of aliphatic carboxylic acids is 1. The Bertz CT molecular complexity index is 362. The number of hydrogen-bond acceptors (Lipinski definition) is 3. The molecule has 0 heterocycles. The molecule has 0 atom stereocenters. The third-order valence-electron chi connectivity index (χ3n) is 1.63. The Hall–Kier alpha value is -1.10. The molecule has 0 saturated carbocycles. The third-order valence-corrected chi connectivity index (χ3v) is 3.28. The standard InChI is InChI=1S/C8H10O4S/c9-8(10)6-13(11,12)7-4-2-1-3-5-7/h2,4-5H,1,3,6H2,(H,9,10). The first-order chi connectivity index (χ1) is 6.02. The van der Waals surface area contributed by atoms with Gasteiger partial charge in [0.05, 0.1) is 4.91 Å². The highest BCUT2D eigenvalue weighted by molar-refractivity contribution is 7.96. The first-order valence-corrected chi connectivity index (χ1v) is 5.49. The van der Waals surface area contributed by atoms with Crippen molar-refractivity contribution in [3.63, 3.8) is 0 Å². The second-order valence-corrected chi connectivity index (χ2v) is 4.73. The molecule has 0 aromatic carbocycles. The molecule has 0 amide bonds. The quantitative estimate of drug-likeness (QED) is 0.732. The van der Waals surface area contributed by atoms with Gasteiger partial charge in [-0.05, 0) is 18.9 Å². The summed E-state index contributed by atoms with van der Waals surface area (Å²) in [6, 6.07) is 0. The van der Waals surface area contributed by atoms with E-state index in [1.54, 1.807) is 12.2 Å². The zero-order valence-electron chi connectivity index (χ0n) is 6.93. The van der Waals surface area contributed by atoms with Crippen molar-refractivity contribution >= 4 is 15.8 Å². The van der Waals surface area contributed by atoms with Gasteiger partial charge < -0.3 is 5.11 Å². The van der Waals surface area contributed by atoms with E-state index in [1.807, 2.05) is 0 Å². The minimum Gasteiger partial charge on any atom is -0.480 e. The van der Waals surface area contributed by atoms with E-state index in [-0.39, 0.29) is 4.91 Å². The molecule has 0 saturated heterocycles. The second kappa shape index (κ2) is 3.74. The van der Waals surface area contributed by atoms with Gasteiger partial charge in [-0.2, -0.15) is 0 Å². The van der Waals surface area contributed by atoms with Crippen LogP contribution in [-0.2, 0) is 14.6 Å². The number of rotatable bonds is 3. The van der Waals surface area contributed by atoms with Gasteiger partial charge in [0.15, 0.2) is 15.6 Å². The third kappa shape index (κ3) is 2.69. The normalized spacial score (nSPS) is 16.8. The maximum absolute atomic E-state index is 11.3. The van der Waals surface area contributed by atoms with Crippen molar-refractivity contribution in [1.29, 1.82) is 0 Å². The van der Waals surface area contributed by atoms with Gasteiger partial charge in [0.25, 0.3) is 0 Å². The summed E-state index contributed by atoms with van der Waals surface area (Å²) in [7, 11) is -3.61. The number of carboxylic acid groups (broad SMARTS) is 1. The fourth-order valence-electron chi connectivity index (χ4n) is 1.07. The Balaban J connectivity index is 2.87. The fourth-order valence-corrected chi connectivity index (χ4v) is 2.23. The van der Waals surface area contributed by atoms with Crippen molar-refractivity contribution in [1.82, 2.24) is 0 Å². The van der Waals surface area contributed by atoms with Crippen molar-refractivity contribution < 1.29 is 18.3 Å². The molecular formula is C8H10O4S. The Labute approximate surface area is 76.5 Å². The predicted molar refractivity (Wildman–Crippen MR) is 47.9 cm³/mol. The van der Waals surface area contributed by atoms with Crippen LogP contribution in [0.5, 0.6) is 0 Å². The number of carboxylic acids is 1. The number of carbonyl (C=O) groups is 1. The molecule has 0 spiro atoms. The van der Waals surface area contributed by atoms with Gasteiger partial charge in [-0.1, -0.05) is 12.2 Å². The molecule has 1 N–H and O–H groups in total. The summed E-state index contributed by atoms with van der Waals surface area (Å²) in [5.74, 6) is -2.15. The smallest absolute Gasteiger partial charge is 0.319 e. The number of sulfone groups is 1. The molecule has 0 unspecified atom stereocenters. The van der Waals surface area contributed by atoms with Crippen LogP contribution in [0.15, 0.2) is 23.1 Å². The van der Waals surface area contributed by atoms with E-state index in [1.165, 1.54) is 6.08 Å². The molecule has 4 nitrogen and oxygen atoms in total. The molecule has 0 bridgehead atoms. The fraction of sp³-hybridized carbons (Fsp3) is 0.375. The SMILES string of the molecule is O=C(O)CS(=O)(=O)C1=CCCC=C1. The lowest BCUT2D eigenvalue weighted by molar-refractivity contribution is -0.134. The molecule has 72 valence electrons. The molecular weight excluding hydrogens is 192 g/mol. The average molecular weight is 202 g/mol. The highest BCUT2D eigenvalue weighted by Gasteiger charge is 2.20. The molecule has 0 radical (unpaired) electrons. The van der Waals surface area contributed by atoms with Gasteiger partial charge >= 0.3 is 5.97 Å². The second-order valence-electron chi connectivity index (χ2n) is 2.74. The van der Waals surface area contributed by atoms with Crippen molar-refractivity contribution in [2.45, 2.75) is 12.8 Å². The molecule has 5 heteroatoms. The summed E-state index contributed by atoms with van der Waals surface area (Å²) in [5, 5.41) is 8.35. The Morgan fingerprint density at radius 3 is 2.62 bits per heavy atom. The van der Waals surface area contributed by atoms with Crippen molar-refractivity contribution in [2.75, 3.05) is 5.75 Å². The van der Waals surface area contributed by atoms with Crippen molar-refractivity contribution in [3.05, 3.63) is 23.1 Å². The lowest BCUT2D eigenvalue weighted by Crippen LogP contribution is -2.16. The Morgan fingerprint density at radius 2 is 2.15 bits per heavy atom. The maximum Gasteiger partial charge on any atom is 0.319 e. The summed E-state index contributed by atoms with van der Waals surface area (Å²) < 4.78 is 22.6. The zero-order chi connectivity index (χ0) is 9.90. The molecule has 13 heavy (non-hydrogen) atoms. The maximum atomic E-state index is 11.3. The van der Waals surface area contributed by atoms with Gasteiger partial charge in [-0.3, -0.25) is 4.79 Å². The highest BCUT2D eigenvalue weighted by atomic mass is 32.2. The number of hydrogen-bond donors (Lipinski definition) is 1. The highest BCUT2D eigenvalue weighted by Crippen LogP contribution is 2.16. The number of allylic oxidation sites excluding steroid dienone is 3. The lowest BCUT2D eigenvalue weighted by Gasteiger charge is -2.05. The van der Waals surface area contributed by atoms with Crippen LogP contribution in [0.3, 0.4) is 0 Å². The van der Waals surface area contributed by atoms with Gasteiger partial charge in [-0.25, -0.2) is 8.42 Å². The Morgan fingerprint density at radius 1 is 1.46 bits per heavy atom. The lowest BCUT2D eigenvalue weighted by atomic mass is 10.2. The molecule has 0 aromatic rings. The average Bonchev–Trinajstić information content (AvgIpc) is 2.04. The van der Waals surface area contributed by atoms with Gasteiger partial charge in [0.2, 0.25) is 0 Å².